The molecule has 0 amide bonds. The van der Waals surface area contributed by atoms with Gasteiger partial charge in [-0.2, -0.15) is 0 Å². The van der Waals surface area contributed by atoms with E-state index in [1.807, 2.05) is 0 Å². The standard InChI is InChI=1S/C14H17FN2O3S/c1-9-5-11(6-10(2)14(9)15)7-17-8-12-3-4-13(20-12)21(16,18)19/h3-6,17H,7-8H2,1-2H3,(H2,16,18,19). The molecule has 21 heavy (non-hydrogen) atoms. The summed E-state index contributed by atoms with van der Waals surface area (Å²) >= 11 is 0. The highest BCUT2D eigenvalue weighted by molar-refractivity contribution is 7.89. The Balaban J connectivity index is 1.97. The summed E-state index contributed by atoms with van der Waals surface area (Å²) < 4.78 is 40.8. The number of furan rings is 1. The fourth-order valence-corrected chi connectivity index (χ4v) is 2.55. The smallest absolute Gasteiger partial charge is 0.271 e. The van der Waals surface area contributed by atoms with E-state index in [0.717, 1.165) is 5.56 Å². The van der Waals surface area contributed by atoms with Gasteiger partial charge in [-0.3, -0.25) is 0 Å². The average molecular weight is 312 g/mol. The summed E-state index contributed by atoms with van der Waals surface area (Å²) in [5.74, 6) is 0.275. The first-order chi connectivity index (χ1) is 9.77. The maximum Gasteiger partial charge on any atom is 0.271 e. The minimum atomic E-state index is -3.81. The maximum atomic E-state index is 13.5. The van der Waals surface area contributed by atoms with Crippen LogP contribution >= 0.6 is 0 Å². The lowest BCUT2D eigenvalue weighted by molar-refractivity contribution is 0.402. The van der Waals surface area contributed by atoms with Crippen molar-refractivity contribution in [2.45, 2.75) is 32.0 Å². The summed E-state index contributed by atoms with van der Waals surface area (Å²) in [6, 6.07) is 6.41. The van der Waals surface area contributed by atoms with Crippen molar-refractivity contribution in [3.63, 3.8) is 0 Å². The van der Waals surface area contributed by atoms with Gasteiger partial charge in [-0.1, -0.05) is 12.1 Å². The van der Waals surface area contributed by atoms with Crippen molar-refractivity contribution in [2.24, 2.45) is 5.14 Å². The van der Waals surface area contributed by atoms with Gasteiger partial charge in [0.25, 0.3) is 10.0 Å². The number of benzene rings is 1. The minimum absolute atomic E-state index is 0.192. The van der Waals surface area contributed by atoms with Crippen LogP contribution in [0.4, 0.5) is 4.39 Å². The molecule has 5 nitrogen and oxygen atoms in total. The zero-order valence-corrected chi connectivity index (χ0v) is 12.6. The van der Waals surface area contributed by atoms with E-state index in [9.17, 15) is 12.8 Å². The molecule has 0 saturated heterocycles. The molecule has 0 bridgehead atoms. The van der Waals surface area contributed by atoms with E-state index in [1.54, 1.807) is 32.0 Å². The number of hydrogen-bond donors (Lipinski definition) is 2. The zero-order chi connectivity index (χ0) is 15.6. The fourth-order valence-electron chi connectivity index (χ4n) is 2.07. The second-order valence-electron chi connectivity index (χ2n) is 4.91. The molecule has 0 fully saturated rings. The van der Waals surface area contributed by atoms with Crippen LogP contribution in [0.3, 0.4) is 0 Å². The summed E-state index contributed by atoms with van der Waals surface area (Å²) in [6.07, 6.45) is 0. The predicted octanol–water partition coefficient (Wildman–Crippen LogP) is 1.97. The third kappa shape index (κ3) is 3.90. The molecule has 0 aliphatic carbocycles. The van der Waals surface area contributed by atoms with Crippen molar-refractivity contribution in [2.75, 3.05) is 0 Å². The Labute approximate surface area is 123 Å². The van der Waals surface area contributed by atoms with Gasteiger partial charge in [0.15, 0.2) is 0 Å². The number of hydrogen-bond acceptors (Lipinski definition) is 4. The lowest BCUT2D eigenvalue weighted by Crippen LogP contribution is -2.13. The van der Waals surface area contributed by atoms with E-state index in [2.05, 4.69) is 5.32 Å². The van der Waals surface area contributed by atoms with Crippen LogP contribution in [-0.2, 0) is 23.1 Å². The van der Waals surface area contributed by atoms with E-state index in [1.165, 1.54) is 6.07 Å². The summed E-state index contributed by atoms with van der Waals surface area (Å²) in [7, 11) is -3.81. The Hall–Kier alpha value is -1.70. The Bertz CT molecular complexity index is 730. The van der Waals surface area contributed by atoms with Gasteiger partial charge in [-0.25, -0.2) is 17.9 Å². The number of sulfonamides is 1. The molecule has 3 N–H and O–H groups in total. The maximum absolute atomic E-state index is 13.5. The molecular formula is C14H17FN2O3S. The molecule has 1 heterocycles. The number of rotatable bonds is 5. The van der Waals surface area contributed by atoms with Crippen molar-refractivity contribution in [1.82, 2.24) is 5.32 Å². The fraction of sp³-hybridized carbons (Fsp3) is 0.286. The van der Waals surface area contributed by atoms with E-state index < -0.39 is 10.0 Å². The van der Waals surface area contributed by atoms with Gasteiger partial charge < -0.3 is 9.73 Å². The number of nitrogens with one attached hydrogen (secondary N) is 1. The van der Waals surface area contributed by atoms with Crippen molar-refractivity contribution < 1.29 is 17.2 Å². The molecule has 0 aliphatic heterocycles. The first-order valence-corrected chi connectivity index (χ1v) is 7.90. The number of nitrogens with two attached hydrogens (primary N) is 1. The van der Waals surface area contributed by atoms with Gasteiger partial charge in [0.05, 0.1) is 6.54 Å². The SMILES string of the molecule is Cc1cc(CNCc2ccc(S(N)(=O)=O)o2)cc(C)c1F. The highest BCUT2D eigenvalue weighted by Crippen LogP contribution is 2.15. The zero-order valence-electron chi connectivity index (χ0n) is 11.8. The van der Waals surface area contributed by atoms with Crippen molar-refractivity contribution in [3.05, 3.63) is 52.5 Å². The molecule has 0 unspecified atom stereocenters. The molecule has 114 valence electrons. The number of primary sulfonamides is 1. The van der Waals surface area contributed by atoms with Crippen LogP contribution in [0.1, 0.15) is 22.5 Å². The highest BCUT2D eigenvalue weighted by atomic mass is 32.2. The molecule has 0 radical (unpaired) electrons. The summed E-state index contributed by atoms with van der Waals surface area (Å²) in [4.78, 5) is 0. The first-order valence-electron chi connectivity index (χ1n) is 6.35. The van der Waals surface area contributed by atoms with Gasteiger partial charge >= 0.3 is 0 Å². The van der Waals surface area contributed by atoms with E-state index in [-0.39, 0.29) is 10.9 Å². The molecule has 1 aromatic carbocycles. The molecule has 0 saturated carbocycles. The van der Waals surface area contributed by atoms with Gasteiger partial charge in [-0.05, 0) is 42.7 Å². The van der Waals surface area contributed by atoms with E-state index in [0.29, 0.717) is 30.0 Å². The third-order valence-corrected chi connectivity index (χ3v) is 3.82. The normalized spacial score (nSPS) is 11.8. The number of halogens is 1. The number of aryl methyl sites for hydroxylation is 2. The third-order valence-electron chi connectivity index (χ3n) is 3.04. The Kier molecular flexibility index (Phi) is 4.46. The van der Waals surface area contributed by atoms with Crippen LogP contribution in [-0.4, -0.2) is 8.42 Å². The summed E-state index contributed by atoms with van der Waals surface area (Å²) in [6.45, 7) is 4.31. The average Bonchev–Trinajstić information content (AvgIpc) is 2.84. The molecule has 0 atom stereocenters. The van der Waals surface area contributed by atoms with Crippen LogP contribution in [0, 0.1) is 19.7 Å². The van der Waals surface area contributed by atoms with Crippen molar-refractivity contribution >= 4 is 10.0 Å². The van der Waals surface area contributed by atoms with Gasteiger partial charge in [0.1, 0.15) is 11.6 Å². The topological polar surface area (TPSA) is 85.3 Å². The Morgan fingerprint density at radius 3 is 2.33 bits per heavy atom. The summed E-state index contributed by atoms with van der Waals surface area (Å²) in [5.41, 5.74) is 2.15. The minimum Gasteiger partial charge on any atom is -0.447 e. The van der Waals surface area contributed by atoms with Crippen molar-refractivity contribution in [1.29, 1.82) is 0 Å². The van der Waals surface area contributed by atoms with Gasteiger partial charge in [0, 0.05) is 6.54 Å². The molecule has 1 aromatic heterocycles. The molecule has 0 aliphatic rings. The largest absolute Gasteiger partial charge is 0.447 e. The summed E-state index contributed by atoms with van der Waals surface area (Å²) in [5, 5.41) is 7.81. The lowest BCUT2D eigenvalue weighted by Gasteiger charge is -2.07. The van der Waals surface area contributed by atoms with Gasteiger partial charge in [0.2, 0.25) is 5.09 Å². The van der Waals surface area contributed by atoms with Gasteiger partial charge in [-0.15, -0.1) is 0 Å². The van der Waals surface area contributed by atoms with Crippen LogP contribution in [0.15, 0.2) is 33.8 Å². The first kappa shape index (κ1) is 15.7. The Morgan fingerprint density at radius 2 is 1.81 bits per heavy atom. The lowest BCUT2D eigenvalue weighted by atomic mass is 10.1. The molecule has 2 aromatic rings. The highest BCUT2D eigenvalue weighted by Gasteiger charge is 2.13. The second-order valence-corrected chi connectivity index (χ2v) is 6.41. The van der Waals surface area contributed by atoms with E-state index >= 15 is 0 Å². The molecule has 7 heteroatoms. The monoisotopic (exact) mass is 312 g/mol. The molecule has 2 rings (SSSR count). The quantitative estimate of drug-likeness (QED) is 0.884. The van der Waals surface area contributed by atoms with Crippen LogP contribution in [0.25, 0.3) is 0 Å². The van der Waals surface area contributed by atoms with E-state index in [4.69, 9.17) is 9.56 Å². The molecule has 0 spiro atoms. The van der Waals surface area contributed by atoms with Crippen LogP contribution < -0.4 is 10.5 Å². The van der Waals surface area contributed by atoms with Crippen molar-refractivity contribution in [3.8, 4) is 0 Å². The molecular weight excluding hydrogens is 295 g/mol. The predicted molar refractivity (Wildman–Crippen MR) is 76.5 cm³/mol. The van der Waals surface area contributed by atoms with Crippen LogP contribution in [0.2, 0.25) is 0 Å². The van der Waals surface area contributed by atoms with Crippen LogP contribution in [0.5, 0.6) is 0 Å². The second kappa shape index (κ2) is 5.97. The Morgan fingerprint density at radius 1 is 1.19 bits per heavy atom.